The van der Waals surface area contributed by atoms with Crippen LogP contribution in [0.3, 0.4) is 0 Å². The van der Waals surface area contributed by atoms with Crippen molar-refractivity contribution in [1.82, 2.24) is 5.32 Å². The van der Waals surface area contributed by atoms with Crippen molar-refractivity contribution in [2.45, 2.75) is 36.6 Å². The van der Waals surface area contributed by atoms with Crippen LogP contribution in [-0.4, -0.2) is 20.1 Å². The predicted octanol–water partition coefficient (Wildman–Crippen LogP) is 3.18. The molecule has 0 heterocycles. The fraction of sp³-hybridized carbons (Fsp3) is 0.316. The lowest BCUT2D eigenvalue weighted by molar-refractivity contribution is -0.121. The van der Waals surface area contributed by atoms with Gasteiger partial charge in [-0.15, -0.1) is 0 Å². The Hall–Kier alpha value is -2.21. The quantitative estimate of drug-likeness (QED) is 0.832. The minimum Gasteiger partial charge on any atom is -0.349 e. The molecule has 0 unspecified atom stereocenters. The first-order valence-corrected chi connectivity index (χ1v) is 9.96. The van der Waals surface area contributed by atoms with Gasteiger partial charge in [-0.2, -0.15) is 0 Å². The number of rotatable bonds is 5. The first kappa shape index (κ1) is 17.6. The van der Waals surface area contributed by atoms with E-state index >= 15 is 0 Å². The van der Waals surface area contributed by atoms with Gasteiger partial charge in [0.2, 0.25) is 5.91 Å². The van der Waals surface area contributed by atoms with Gasteiger partial charge >= 0.3 is 0 Å². The highest BCUT2D eigenvalue weighted by atomic mass is 32.2. The molecule has 2 aromatic carbocycles. The number of hydrogen-bond donors (Lipinski definition) is 1. The molecule has 25 heavy (non-hydrogen) atoms. The van der Waals surface area contributed by atoms with Gasteiger partial charge in [-0.05, 0) is 54.7 Å². The minimum absolute atomic E-state index is 0.0321. The SMILES string of the molecule is O=C(CCS(=O)(=O)c1ccc(F)cc1)N[C@@H]1CCCc2ccccc21. The van der Waals surface area contributed by atoms with Gasteiger partial charge in [0.05, 0.1) is 16.7 Å². The van der Waals surface area contributed by atoms with Crippen LogP contribution in [-0.2, 0) is 21.1 Å². The molecule has 0 saturated carbocycles. The van der Waals surface area contributed by atoms with E-state index in [0.29, 0.717) is 0 Å². The van der Waals surface area contributed by atoms with Crippen LogP contribution in [0.15, 0.2) is 53.4 Å². The van der Waals surface area contributed by atoms with Crippen LogP contribution in [0, 0.1) is 5.82 Å². The van der Waals surface area contributed by atoms with Crippen LogP contribution in [0.5, 0.6) is 0 Å². The Morgan fingerprint density at radius 3 is 2.60 bits per heavy atom. The molecule has 0 radical (unpaired) electrons. The number of benzene rings is 2. The van der Waals surface area contributed by atoms with Crippen molar-refractivity contribution in [1.29, 1.82) is 0 Å². The number of halogens is 1. The molecule has 0 bridgehead atoms. The van der Waals surface area contributed by atoms with E-state index in [9.17, 15) is 17.6 Å². The van der Waals surface area contributed by atoms with Crippen LogP contribution in [0.25, 0.3) is 0 Å². The Balaban J connectivity index is 1.61. The van der Waals surface area contributed by atoms with E-state index < -0.39 is 15.7 Å². The van der Waals surface area contributed by atoms with Gasteiger partial charge in [0, 0.05) is 6.42 Å². The highest BCUT2D eigenvalue weighted by molar-refractivity contribution is 7.91. The number of fused-ring (bicyclic) bond motifs is 1. The molecular formula is C19H20FNO3S. The van der Waals surface area contributed by atoms with E-state index in [-0.39, 0.29) is 29.0 Å². The van der Waals surface area contributed by atoms with Crippen molar-refractivity contribution in [3.63, 3.8) is 0 Å². The molecule has 0 saturated heterocycles. The molecule has 0 aromatic heterocycles. The fourth-order valence-corrected chi connectivity index (χ4v) is 4.40. The average Bonchev–Trinajstić information content (AvgIpc) is 2.61. The summed E-state index contributed by atoms with van der Waals surface area (Å²) in [6.45, 7) is 0. The van der Waals surface area contributed by atoms with E-state index in [4.69, 9.17) is 0 Å². The van der Waals surface area contributed by atoms with E-state index in [1.165, 1.54) is 17.7 Å². The molecule has 1 amide bonds. The van der Waals surface area contributed by atoms with Crippen LogP contribution in [0.2, 0.25) is 0 Å². The lowest BCUT2D eigenvalue weighted by Gasteiger charge is -2.26. The van der Waals surface area contributed by atoms with Crippen LogP contribution < -0.4 is 5.32 Å². The van der Waals surface area contributed by atoms with Crippen molar-refractivity contribution in [2.75, 3.05) is 5.75 Å². The lowest BCUT2D eigenvalue weighted by Crippen LogP contribution is -2.32. The predicted molar refractivity (Wildman–Crippen MR) is 93.3 cm³/mol. The second kappa shape index (κ2) is 7.35. The van der Waals surface area contributed by atoms with Gasteiger partial charge in [0.15, 0.2) is 9.84 Å². The Morgan fingerprint density at radius 2 is 1.84 bits per heavy atom. The van der Waals surface area contributed by atoms with Crippen molar-refractivity contribution in [3.8, 4) is 0 Å². The summed E-state index contributed by atoms with van der Waals surface area (Å²) in [6, 6.07) is 12.6. The topological polar surface area (TPSA) is 63.2 Å². The maximum absolute atomic E-state index is 12.9. The molecule has 0 fully saturated rings. The number of carbonyl (C=O) groups excluding carboxylic acids is 1. The molecule has 0 spiro atoms. The third-order valence-electron chi connectivity index (χ3n) is 4.48. The van der Waals surface area contributed by atoms with Crippen molar-refractivity contribution >= 4 is 15.7 Å². The van der Waals surface area contributed by atoms with Crippen LogP contribution in [0.4, 0.5) is 4.39 Å². The molecule has 3 rings (SSSR count). The zero-order valence-electron chi connectivity index (χ0n) is 13.7. The van der Waals surface area contributed by atoms with E-state index in [0.717, 1.165) is 37.0 Å². The first-order valence-electron chi connectivity index (χ1n) is 8.31. The van der Waals surface area contributed by atoms with E-state index in [2.05, 4.69) is 11.4 Å². The molecule has 4 nitrogen and oxygen atoms in total. The summed E-state index contributed by atoms with van der Waals surface area (Å²) in [5, 5.41) is 2.94. The van der Waals surface area contributed by atoms with E-state index in [1.54, 1.807) is 0 Å². The fourth-order valence-electron chi connectivity index (χ4n) is 3.16. The van der Waals surface area contributed by atoms with Crippen molar-refractivity contribution in [2.24, 2.45) is 0 Å². The third-order valence-corrected chi connectivity index (χ3v) is 6.21. The van der Waals surface area contributed by atoms with Crippen molar-refractivity contribution in [3.05, 3.63) is 65.5 Å². The monoisotopic (exact) mass is 361 g/mol. The number of nitrogens with one attached hydrogen (secondary N) is 1. The normalized spacial score (nSPS) is 16.9. The van der Waals surface area contributed by atoms with Gasteiger partial charge < -0.3 is 5.32 Å². The zero-order valence-corrected chi connectivity index (χ0v) is 14.6. The van der Waals surface area contributed by atoms with Gasteiger partial charge in [0.25, 0.3) is 0 Å². The van der Waals surface area contributed by atoms with Gasteiger partial charge in [-0.3, -0.25) is 4.79 Å². The summed E-state index contributed by atoms with van der Waals surface area (Å²) in [5.74, 6) is -1.07. The molecule has 1 aliphatic carbocycles. The zero-order chi connectivity index (χ0) is 17.9. The molecule has 1 aliphatic rings. The molecule has 1 atom stereocenters. The second-order valence-electron chi connectivity index (χ2n) is 6.23. The Bertz CT molecular complexity index is 862. The van der Waals surface area contributed by atoms with Crippen molar-refractivity contribution < 1.29 is 17.6 Å². The standard InChI is InChI=1S/C19H20FNO3S/c20-15-8-10-16(11-9-15)25(23,24)13-12-19(22)21-18-7-3-5-14-4-1-2-6-17(14)18/h1-2,4,6,8-11,18H,3,5,7,12-13H2,(H,21,22)/t18-/m1/s1. The summed E-state index contributed by atoms with van der Waals surface area (Å²) >= 11 is 0. The smallest absolute Gasteiger partial charge is 0.221 e. The summed E-state index contributed by atoms with van der Waals surface area (Å²) in [7, 11) is -3.60. The number of carbonyl (C=O) groups is 1. The summed E-state index contributed by atoms with van der Waals surface area (Å²) < 4.78 is 37.4. The van der Waals surface area contributed by atoms with Gasteiger partial charge in [0.1, 0.15) is 5.82 Å². The number of hydrogen-bond acceptors (Lipinski definition) is 3. The maximum Gasteiger partial charge on any atom is 0.221 e. The Labute approximate surface area is 147 Å². The maximum atomic E-state index is 12.9. The number of amides is 1. The largest absolute Gasteiger partial charge is 0.349 e. The van der Waals surface area contributed by atoms with Crippen LogP contribution in [0.1, 0.15) is 36.4 Å². The molecule has 132 valence electrons. The lowest BCUT2D eigenvalue weighted by atomic mass is 9.88. The van der Waals surface area contributed by atoms with Gasteiger partial charge in [-0.1, -0.05) is 24.3 Å². The Kier molecular flexibility index (Phi) is 5.18. The number of sulfone groups is 1. The first-order chi connectivity index (χ1) is 12.0. The third kappa shape index (κ3) is 4.25. The van der Waals surface area contributed by atoms with E-state index in [1.807, 2.05) is 18.2 Å². The van der Waals surface area contributed by atoms with Gasteiger partial charge in [-0.25, -0.2) is 12.8 Å². The molecule has 1 N–H and O–H groups in total. The highest BCUT2D eigenvalue weighted by Crippen LogP contribution is 2.29. The molecule has 6 heteroatoms. The highest BCUT2D eigenvalue weighted by Gasteiger charge is 2.22. The molecule has 2 aromatic rings. The Morgan fingerprint density at radius 1 is 1.12 bits per heavy atom. The summed E-state index contributed by atoms with van der Waals surface area (Å²) in [4.78, 5) is 12.2. The molecule has 0 aliphatic heterocycles. The molecular weight excluding hydrogens is 341 g/mol. The second-order valence-corrected chi connectivity index (χ2v) is 8.34. The van der Waals surface area contributed by atoms with Crippen LogP contribution >= 0.6 is 0 Å². The average molecular weight is 361 g/mol. The summed E-state index contributed by atoms with van der Waals surface area (Å²) in [5.41, 5.74) is 2.35. The summed E-state index contributed by atoms with van der Waals surface area (Å²) in [6.07, 6.45) is 2.74. The minimum atomic E-state index is -3.60. The number of aryl methyl sites for hydroxylation is 1.